The van der Waals surface area contributed by atoms with E-state index in [1.807, 2.05) is 43.3 Å². The summed E-state index contributed by atoms with van der Waals surface area (Å²) in [4.78, 5) is 26.6. The lowest BCUT2D eigenvalue weighted by Gasteiger charge is -2.22. The molecule has 0 aliphatic carbocycles. The average molecular weight is 348 g/mol. The van der Waals surface area contributed by atoms with E-state index in [0.29, 0.717) is 17.5 Å². The first-order chi connectivity index (χ1) is 12.5. The van der Waals surface area contributed by atoms with Gasteiger partial charge in [0, 0.05) is 11.7 Å². The molecule has 1 fully saturated rings. The number of nitriles is 1. The monoisotopic (exact) mass is 348 g/mol. The molecule has 132 valence electrons. The molecule has 3 atom stereocenters. The Labute approximate surface area is 152 Å². The molecule has 3 rings (SSSR count). The highest BCUT2D eigenvalue weighted by molar-refractivity contribution is 6.00. The Bertz CT molecular complexity index is 842. The fraction of sp³-hybridized carbons (Fsp3) is 0.250. The molecule has 3 N–H and O–H groups in total. The van der Waals surface area contributed by atoms with E-state index in [2.05, 4.69) is 5.32 Å². The van der Waals surface area contributed by atoms with Crippen LogP contribution in [-0.4, -0.2) is 23.9 Å². The van der Waals surface area contributed by atoms with Crippen LogP contribution in [0.2, 0.25) is 0 Å². The van der Waals surface area contributed by atoms with Crippen LogP contribution in [0.15, 0.2) is 54.6 Å². The summed E-state index contributed by atoms with van der Waals surface area (Å²) in [6.07, 6.45) is 0.577. The molecule has 1 aliphatic rings. The Morgan fingerprint density at radius 2 is 1.88 bits per heavy atom. The van der Waals surface area contributed by atoms with Gasteiger partial charge in [-0.05, 0) is 43.2 Å². The first-order valence-corrected chi connectivity index (χ1v) is 8.45. The molecule has 0 saturated carbocycles. The van der Waals surface area contributed by atoms with Gasteiger partial charge in [-0.25, -0.2) is 0 Å². The number of primary amides is 1. The van der Waals surface area contributed by atoms with Crippen LogP contribution in [0.1, 0.15) is 30.5 Å². The van der Waals surface area contributed by atoms with E-state index in [1.54, 1.807) is 29.2 Å². The van der Waals surface area contributed by atoms with E-state index in [4.69, 9.17) is 11.0 Å². The second kappa shape index (κ2) is 7.38. The zero-order chi connectivity index (χ0) is 18.7. The van der Waals surface area contributed by atoms with E-state index >= 15 is 0 Å². The molecule has 6 heteroatoms. The molecule has 6 nitrogen and oxygen atoms in total. The van der Waals surface area contributed by atoms with Crippen molar-refractivity contribution >= 4 is 17.5 Å². The summed E-state index contributed by atoms with van der Waals surface area (Å²) < 4.78 is 0. The average Bonchev–Trinajstić information content (AvgIpc) is 2.93. The maximum absolute atomic E-state index is 12.9. The number of nitrogens with two attached hydrogens (primary N) is 1. The molecule has 1 saturated heterocycles. The first-order valence-electron chi connectivity index (χ1n) is 8.45. The molecule has 26 heavy (non-hydrogen) atoms. The van der Waals surface area contributed by atoms with Crippen LogP contribution in [0.5, 0.6) is 0 Å². The Balaban J connectivity index is 1.80. The zero-order valence-corrected chi connectivity index (χ0v) is 14.4. The van der Waals surface area contributed by atoms with Crippen LogP contribution < -0.4 is 16.0 Å². The molecule has 0 spiro atoms. The molecular formula is C20H20N4O2. The van der Waals surface area contributed by atoms with Crippen LogP contribution >= 0.6 is 0 Å². The molecule has 1 aliphatic heterocycles. The van der Waals surface area contributed by atoms with Crippen LogP contribution in [0.3, 0.4) is 0 Å². The lowest BCUT2D eigenvalue weighted by molar-refractivity contribution is -0.121. The molecule has 1 heterocycles. The second-order valence-corrected chi connectivity index (χ2v) is 6.42. The summed E-state index contributed by atoms with van der Waals surface area (Å²) in [6.45, 7) is 1.98. The number of para-hydroxylation sites is 1. The summed E-state index contributed by atoms with van der Waals surface area (Å²) in [5.41, 5.74) is 7.52. The van der Waals surface area contributed by atoms with Crippen molar-refractivity contribution in [3.8, 4) is 6.07 Å². The Morgan fingerprint density at radius 3 is 2.46 bits per heavy atom. The number of amides is 2. The maximum atomic E-state index is 12.9. The van der Waals surface area contributed by atoms with E-state index in [9.17, 15) is 9.59 Å². The number of anilines is 1. The molecule has 2 amide bonds. The van der Waals surface area contributed by atoms with Gasteiger partial charge in [0.25, 0.3) is 0 Å². The number of benzene rings is 2. The van der Waals surface area contributed by atoms with Crippen molar-refractivity contribution in [2.45, 2.75) is 31.5 Å². The summed E-state index contributed by atoms with van der Waals surface area (Å²) in [5.74, 6) is -0.642. The highest BCUT2D eigenvalue weighted by Crippen LogP contribution is 2.28. The summed E-state index contributed by atoms with van der Waals surface area (Å²) in [7, 11) is 0. The third-order valence-corrected chi connectivity index (χ3v) is 4.61. The van der Waals surface area contributed by atoms with E-state index in [1.165, 1.54) is 0 Å². The van der Waals surface area contributed by atoms with Crippen molar-refractivity contribution in [3.05, 3.63) is 65.7 Å². The smallest absolute Gasteiger partial charge is 0.244 e. The van der Waals surface area contributed by atoms with Crippen LogP contribution in [0.4, 0.5) is 5.69 Å². The predicted octanol–water partition coefficient (Wildman–Crippen LogP) is 1.87. The SMILES string of the molecule is C[C@@H]1C[C@H](N[C@H](C(N)=O)c2ccc(C#N)cc2)C(=O)N1c1ccccc1. The van der Waals surface area contributed by atoms with Crippen LogP contribution in [-0.2, 0) is 9.59 Å². The largest absolute Gasteiger partial charge is 0.368 e. The van der Waals surface area contributed by atoms with Crippen molar-refractivity contribution in [1.82, 2.24) is 5.32 Å². The van der Waals surface area contributed by atoms with Crippen molar-refractivity contribution in [1.29, 1.82) is 5.26 Å². The second-order valence-electron chi connectivity index (χ2n) is 6.42. The highest BCUT2D eigenvalue weighted by atomic mass is 16.2. The third-order valence-electron chi connectivity index (χ3n) is 4.61. The maximum Gasteiger partial charge on any atom is 0.244 e. The van der Waals surface area contributed by atoms with Gasteiger partial charge in [-0.1, -0.05) is 30.3 Å². The van der Waals surface area contributed by atoms with Gasteiger partial charge in [0.2, 0.25) is 11.8 Å². The molecule has 2 aromatic rings. The van der Waals surface area contributed by atoms with Crippen molar-refractivity contribution in [3.63, 3.8) is 0 Å². The van der Waals surface area contributed by atoms with E-state index < -0.39 is 18.0 Å². The van der Waals surface area contributed by atoms with Gasteiger partial charge in [0.05, 0.1) is 17.7 Å². The van der Waals surface area contributed by atoms with Crippen molar-refractivity contribution < 1.29 is 9.59 Å². The van der Waals surface area contributed by atoms with E-state index in [0.717, 1.165) is 5.69 Å². The molecule has 0 unspecified atom stereocenters. The van der Waals surface area contributed by atoms with Gasteiger partial charge in [-0.15, -0.1) is 0 Å². The number of carbonyl (C=O) groups is 2. The quantitative estimate of drug-likeness (QED) is 0.861. The fourth-order valence-corrected chi connectivity index (χ4v) is 3.34. The lowest BCUT2D eigenvalue weighted by atomic mass is 10.0. The Kier molecular flexibility index (Phi) is 5.01. The first kappa shape index (κ1) is 17.6. The number of hydrogen-bond acceptors (Lipinski definition) is 4. The van der Waals surface area contributed by atoms with Crippen LogP contribution in [0, 0.1) is 11.3 Å². The van der Waals surface area contributed by atoms with Gasteiger partial charge in [0.1, 0.15) is 6.04 Å². The van der Waals surface area contributed by atoms with Gasteiger partial charge >= 0.3 is 0 Å². The van der Waals surface area contributed by atoms with Gasteiger partial charge in [-0.3, -0.25) is 14.9 Å². The van der Waals surface area contributed by atoms with Crippen molar-refractivity contribution in [2.24, 2.45) is 5.73 Å². The highest BCUT2D eigenvalue weighted by Gasteiger charge is 2.39. The normalized spacial score (nSPS) is 20.6. The number of nitrogens with one attached hydrogen (secondary N) is 1. The number of rotatable bonds is 5. The van der Waals surface area contributed by atoms with E-state index in [-0.39, 0.29) is 11.9 Å². The molecule has 2 aromatic carbocycles. The molecular weight excluding hydrogens is 328 g/mol. The molecule has 0 radical (unpaired) electrons. The minimum atomic E-state index is -0.792. The van der Waals surface area contributed by atoms with Crippen molar-refractivity contribution in [2.75, 3.05) is 4.90 Å². The molecule has 0 bridgehead atoms. The number of nitrogens with zero attached hydrogens (tertiary/aromatic N) is 2. The van der Waals surface area contributed by atoms with Crippen LogP contribution in [0.25, 0.3) is 0 Å². The summed E-state index contributed by atoms with van der Waals surface area (Å²) in [6, 6.07) is 16.8. The lowest BCUT2D eigenvalue weighted by Crippen LogP contribution is -2.44. The topological polar surface area (TPSA) is 99.2 Å². The minimum absolute atomic E-state index is 0.0110. The number of carbonyl (C=O) groups excluding carboxylic acids is 2. The predicted molar refractivity (Wildman–Crippen MR) is 98.0 cm³/mol. The van der Waals surface area contributed by atoms with Gasteiger partial charge in [-0.2, -0.15) is 5.26 Å². The van der Waals surface area contributed by atoms with Gasteiger partial charge < -0.3 is 10.6 Å². The summed E-state index contributed by atoms with van der Waals surface area (Å²) in [5, 5.41) is 12.0. The minimum Gasteiger partial charge on any atom is -0.368 e. The number of hydrogen-bond donors (Lipinski definition) is 2. The molecule has 0 aromatic heterocycles. The standard InChI is InChI=1S/C20H20N4O2/c1-13-11-17(20(26)24(13)16-5-3-2-4-6-16)23-18(19(22)25)15-9-7-14(12-21)8-10-15/h2-10,13,17-18,23H,11H2,1H3,(H2,22,25)/t13-,17+,18+/m1/s1. The zero-order valence-electron chi connectivity index (χ0n) is 14.4. The Hall–Kier alpha value is -3.17. The fourth-order valence-electron chi connectivity index (χ4n) is 3.34. The Morgan fingerprint density at radius 1 is 1.23 bits per heavy atom. The third kappa shape index (κ3) is 3.44. The van der Waals surface area contributed by atoms with Gasteiger partial charge in [0.15, 0.2) is 0 Å². The summed E-state index contributed by atoms with van der Waals surface area (Å²) >= 11 is 0.